The molecule has 0 saturated carbocycles. The van der Waals surface area contributed by atoms with Gasteiger partial charge in [-0.15, -0.1) is 0 Å². The van der Waals surface area contributed by atoms with Gasteiger partial charge in [0.1, 0.15) is 5.60 Å². The van der Waals surface area contributed by atoms with Crippen molar-refractivity contribution in [3.05, 3.63) is 65.0 Å². The minimum absolute atomic E-state index is 0.0207. The van der Waals surface area contributed by atoms with E-state index >= 15 is 0 Å². The van der Waals surface area contributed by atoms with Crippen LogP contribution in [0.25, 0.3) is 0 Å². The largest absolute Gasteiger partial charge is 0.380 e. The minimum Gasteiger partial charge on any atom is -0.380 e. The van der Waals surface area contributed by atoms with E-state index in [1.807, 2.05) is 32.0 Å². The topological polar surface area (TPSA) is 76.9 Å². The fraction of sp³-hybridized carbons (Fsp3) is 0.517. The molecule has 2 aliphatic heterocycles. The minimum atomic E-state index is -1.24. The number of amides is 1. The van der Waals surface area contributed by atoms with Crippen LogP contribution in [-0.4, -0.2) is 69.7 Å². The number of hydrogen-bond acceptors (Lipinski definition) is 5. The summed E-state index contributed by atoms with van der Waals surface area (Å²) in [5.41, 5.74) is 0.527. The smallest absolute Gasteiger partial charge is 0.225 e. The van der Waals surface area contributed by atoms with Gasteiger partial charge in [0, 0.05) is 47.9 Å². The lowest BCUT2D eigenvalue weighted by Gasteiger charge is -2.55. The highest BCUT2D eigenvalue weighted by atomic mass is 16.3. The highest BCUT2D eigenvalue weighted by Gasteiger charge is 2.55. The normalized spacial score (nSPS) is 20.5. The summed E-state index contributed by atoms with van der Waals surface area (Å²) in [7, 11) is 2.05. The van der Waals surface area contributed by atoms with Crippen LogP contribution in [-0.2, 0) is 10.4 Å². The Morgan fingerprint density at radius 2 is 1.69 bits per heavy atom. The van der Waals surface area contributed by atoms with E-state index in [2.05, 4.69) is 61.7 Å². The summed E-state index contributed by atoms with van der Waals surface area (Å²) in [6, 6.07) is 10.1. The Labute approximate surface area is 209 Å². The number of aromatic nitrogens is 1. The Morgan fingerprint density at radius 1 is 1.06 bits per heavy atom. The Balaban J connectivity index is 1.65. The Bertz CT molecular complexity index is 1150. The molecule has 0 unspecified atom stereocenters. The van der Waals surface area contributed by atoms with Gasteiger partial charge < -0.3 is 20.0 Å². The zero-order chi connectivity index (χ0) is 25.6. The van der Waals surface area contributed by atoms with Crippen LogP contribution >= 0.6 is 0 Å². The molecule has 35 heavy (non-hydrogen) atoms. The molecule has 2 saturated heterocycles. The first kappa shape index (κ1) is 25.4. The predicted molar refractivity (Wildman–Crippen MR) is 137 cm³/mol. The summed E-state index contributed by atoms with van der Waals surface area (Å²) in [5.74, 6) is 6.29. The van der Waals surface area contributed by atoms with Gasteiger partial charge in [0.15, 0.2) is 5.60 Å². The highest BCUT2D eigenvalue weighted by Crippen LogP contribution is 2.50. The SMILES string of the molecule is CC(C)C(=O)N1CC(O)(C#Cc2cncc([C@@](O)(c3ccc(C(C)C)cc3)C3(C)CN(C)C3)c2)C1. The molecule has 0 radical (unpaired) electrons. The second kappa shape index (κ2) is 9.05. The number of pyridine rings is 1. The van der Waals surface area contributed by atoms with Crippen molar-refractivity contribution < 1.29 is 15.0 Å². The van der Waals surface area contributed by atoms with Crippen molar-refractivity contribution in [3.63, 3.8) is 0 Å². The number of benzene rings is 1. The van der Waals surface area contributed by atoms with E-state index in [0.717, 1.165) is 18.7 Å². The number of likely N-dealkylation sites (tertiary alicyclic amines) is 2. The van der Waals surface area contributed by atoms with Crippen LogP contribution in [0.2, 0.25) is 0 Å². The molecule has 1 atom stereocenters. The van der Waals surface area contributed by atoms with E-state index < -0.39 is 16.6 Å². The average molecular weight is 476 g/mol. The van der Waals surface area contributed by atoms with Crippen LogP contribution in [0.5, 0.6) is 0 Å². The zero-order valence-electron chi connectivity index (χ0n) is 21.7. The number of β-amino-alcohol motifs (C(OH)–C–C–N with tert-alkyl or cyclic N) is 1. The van der Waals surface area contributed by atoms with Gasteiger partial charge >= 0.3 is 0 Å². The second-order valence-electron chi connectivity index (χ2n) is 11.3. The average Bonchev–Trinajstić information content (AvgIpc) is 2.79. The number of nitrogens with zero attached hydrogens (tertiary/aromatic N) is 3. The van der Waals surface area contributed by atoms with E-state index in [0.29, 0.717) is 17.0 Å². The Hall–Kier alpha value is -2.72. The van der Waals surface area contributed by atoms with E-state index in [1.165, 1.54) is 5.56 Å². The number of hydrogen-bond donors (Lipinski definition) is 2. The molecule has 3 heterocycles. The summed E-state index contributed by atoms with van der Waals surface area (Å²) in [5, 5.41) is 23.0. The van der Waals surface area contributed by atoms with Crippen molar-refractivity contribution in [1.82, 2.24) is 14.8 Å². The van der Waals surface area contributed by atoms with E-state index in [-0.39, 0.29) is 24.9 Å². The number of carbonyl (C=O) groups is 1. The van der Waals surface area contributed by atoms with E-state index in [9.17, 15) is 15.0 Å². The lowest BCUT2D eigenvalue weighted by Crippen LogP contribution is -2.63. The maximum absolute atomic E-state index is 12.3. The molecular formula is C29H37N3O3. The summed E-state index contributed by atoms with van der Waals surface area (Å²) >= 11 is 0. The van der Waals surface area contributed by atoms with Gasteiger partial charge in [0.2, 0.25) is 5.91 Å². The van der Waals surface area contributed by atoms with Gasteiger partial charge in [-0.1, -0.05) is 70.7 Å². The number of carbonyl (C=O) groups excluding carboxylic acids is 1. The quantitative estimate of drug-likeness (QED) is 0.651. The molecule has 1 aromatic carbocycles. The zero-order valence-corrected chi connectivity index (χ0v) is 21.7. The fourth-order valence-electron chi connectivity index (χ4n) is 5.43. The third-order valence-electron chi connectivity index (χ3n) is 7.41. The first-order valence-electron chi connectivity index (χ1n) is 12.4. The molecule has 0 aliphatic carbocycles. The molecule has 6 nitrogen and oxygen atoms in total. The molecule has 4 rings (SSSR count). The number of rotatable bonds is 5. The van der Waals surface area contributed by atoms with Crippen LogP contribution < -0.4 is 0 Å². The molecule has 186 valence electrons. The predicted octanol–water partition coefficient (Wildman–Crippen LogP) is 2.97. The van der Waals surface area contributed by atoms with Gasteiger partial charge in [-0.3, -0.25) is 9.78 Å². The van der Waals surface area contributed by atoms with Crippen LogP contribution in [0.1, 0.15) is 62.8 Å². The van der Waals surface area contributed by atoms with Gasteiger partial charge in [0.25, 0.3) is 0 Å². The van der Waals surface area contributed by atoms with Gasteiger partial charge in [-0.05, 0) is 30.2 Å². The van der Waals surface area contributed by atoms with Crippen molar-refractivity contribution in [2.45, 2.75) is 51.7 Å². The molecule has 1 aromatic heterocycles. The maximum Gasteiger partial charge on any atom is 0.225 e. The van der Waals surface area contributed by atoms with Crippen molar-refractivity contribution in [2.75, 3.05) is 33.2 Å². The van der Waals surface area contributed by atoms with Crippen molar-refractivity contribution in [2.24, 2.45) is 11.3 Å². The monoisotopic (exact) mass is 475 g/mol. The molecule has 2 fully saturated rings. The Morgan fingerprint density at radius 3 is 2.23 bits per heavy atom. The van der Waals surface area contributed by atoms with Crippen LogP contribution in [0.15, 0.2) is 42.7 Å². The van der Waals surface area contributed by atoms with Crippen molar-refractivity contribution in [3.8, 4) is 11.8 Å². The van der Waals surface area contributed by atoms with Gasteiger partial charge in [-0.2, -0.15) is 0 Å². The highest BCUT2D eigenvalue weighted by molar-refractivity contribution is 5.79. The molecule has 2 aliphatic rings. The third kappa shape index (κ3) is 4.61. The summed E-state index contributed by atoms with van der Waals surface area (Å²) in [6.45, 7) is 12.0. The second-order valence-corrected chi connectivity index (χ2v) is 11.3. The van der Waals surface area contributed by atoms with Crippen molar-refractivity contribution in [1.29, 1.82) is 0 Å². The van der Waals surface area contributed by atoms with Crippen LogP contribution in [0.4, 0.5) is 0 Å². The van der Waals surface area contributed by atoms with Crippen LogP contribution in [0, 0.1) is 23.2 Å². The number of aliphatic hydroxyl groups is 2. The van der Waals surface area contributed by atoms with Gasteiger partial charge in [0.05, 0.1) is 13.1 Å². The molecule has 6 heteroatoms. The standard InChI is InChI=1S/C29H37N3O3/c1-20(2)23-7-9-24(10-8-23)29(35,27(5)16-31(6)17-27)25-13-22(14-30-15-25)11-12-28(34)18-32(19-28)26(33)21(3)4/h7-10,13-15,20-21,34-35H,16-19H2,1-6H3/t29-/m0/s1. The third-order valence-corrected chi connectivity index (χ3v) is 7.41. The summed E-state index contributed by atoms with van der Waals surface area (Å²) < 4.78 is 0. The Kier molecular flexibility index (Phi) is 6.56. The van der Waals surface area contributed by atoms with Crippen LogP contribution in [0.3, 0.4) is 0 Å². The lowest BCUT2D eigenvalue weighted by molar-refractivity contribution is -0.150. The lowest BCUT2D eigenvalue weighted by atomic mass is 9.62. The fourth-order valence-corrected chi connectivity index (χ4v) is 5.43. The molecular weight excluding hydrogens is 438 g/mol. The maximum atomic E-state index is 12.3. The molecule has 0 spiro atoms. The van der Waals surface area contributed by atoms with Gasteiger partial charge in [-0.25, -0.2) is 0 Å². The van der Waals surface area contributed by atoms with E-state index in [4.69, 9.17) is 0 Å². The summed E-state index contributed by atoms with van der Waals surface area (Å²) in [6.07, 6.45) is 3.36. The molecule has 2 N–H and O–H groups in total. The van der Waals surface area contributed by atoms with E-state index in [1.54, 1.807) is 17.3 Å². The molecule has 1 amide bonds. The first-order valence-corrected chi connectivity index (χ1v) is 12.4. The molecule has 0 bridgehead atoms. The first-order chi connectivity index (χ1) is 16.4. The van der Waals surface area contributed by atoms with Crippen molar-refractivity contribution >= 4 is 5.91 Å². The summed E-state index contributed by atoms with van der Waals surface area (Å²) in [4.78, 5) is 20.3. The molecule has 2 aromatic rings.